The highest BCUT2D eigenvalue weighted by Crippen LogP contribution is 2.09. The highest BCUT2D eigenvalue weighted by Gasteiger charge is 2.26. The van der Waals surface area contributed by atoms with Crippen LogP contribution in [0.15, 0.2) is 30.3 Å². The van der Waals surface area contributed by atoms with Crippen LogP contribution >= 0.6 is 0 Å². The van der Waals surface area contributed by atoms with E-state index in [1.807, 2.05) is 50.0 Å². The predicted molar refractivity (Wildman–Crippen MR) is 72.6 cm³/mol. The van der Waals surface area contributed by atoms with Crippen molar-refractivity contribution < 1.29 is 14.0 Å². The zero-order chi connectivity index (χ0) is 13.6. The molecule has 0 aliphatic rings. The van der Waals surface area contributed by atoms with Crippen LogP contribution < -0.4 is 5.32 Å². The van der Waals surface area contributed by atoms with Crippen molar-refractivity contribution in [2.45, 2.75) is 32.1 Å². The van der Waals surface area contributed by atoms with E-state index in [-0.39, 0.29) is 5.97 Å². The molecule has 0 aliphatic heterocycles. The predicted octanol–water partition coefficient (Wildman–Crippen LogP) is 1.72. The third kappa shape index (κ3) is 5.14. The van der Waals surface area contributed by atoms with E-state index in [0.717, 1.165) is 5.56 Å². The molecule has 1 amide bonds. The van der Waals surface area contributed by atoms with Gasteiger partial charge in [0, 0.05) is 6.42 Å². The summed E-state index contributed by atoms with van der Waals surface area (Å²) in [5, 5.41) is 2.52. The van der Waals surface area contributed by atoms with E-state index in [9.17, 15) is 9.59 Å². The average molecular weight is 265 g/mol. The van der Waals surface area contributed by atoms with E-state index < -0.39 is 14.4 Å². The largest absolute Gasteiger partial charge is 0.518 e. The standard InChI is InChI=1S/C13H19NO3Si/c1-18(2,3)17-13(16)12(14-10-15)9-11-7-5-4-6-8-11/h4-8,10,12H,9H2,1-3H3,(H,14,15)/t12-/m0/s1. The fourth-order valence-corrected chi connectivity index (χ4v) is 2.26. The molecule has 0 radical (unpaired) electrons. The molecular formula is C13H19NO3Si. The molecule has 0 saturated carbocycles. The average Bonchev–Trinajstić information content (AvgIpc) is 2.27. The topological polar surface area (TPSA) is 55.4 Å². The highest BCUT2D eigenvalue weighted by atomic mass is 28.4. The molecule has 4 nitrogen and oxygen atoms in total. The minimum Gasteiger partial charge on any atom is -0.518 e. The molecule has 18 heavy (non-hydrogen) atoms. The Kier molecular flexibility index (Phi) is 5.09. The zero-order valence-corrected chi connectivity index (χ0v) is 12.0. The number of carbonyl (C=O) groups is 2. The van der Waals surface area contributed by atoms with Crippen molar-refractivity contribution in [3.05, 3.63) is 35.9 Å². The molecule has 1 aromatic rings. The lowest BCUT2D eigenvalue weighted by molar-refractivity contribution is -0.138. The Balaban J connectivity index is 2.71. The van der Waals surface area contributed by atoms with Crippen molar-refractivity contribution in [2.24, 2.45) is 0 Å². The van der Waals surface area contributed by atoms with Crippen LogP contribution in [0.25, 0.3) is 0 Å². The van der Waals surface area contributed by atoms with E-state index in [0.29, 0.717) is 12.8 Å². The summed E-state index contributed by atoms with van der Waals surface area (Å²) in [6.45, 7) is 5.81. The normalized spacial score (nSPS) is 12.6. The smallest absolute Gasteiger partial charge is 0.315 e. The second kappa shape index (κ2) is 6.35. The molecule has 0 unspecified atom stereocenters. The summed E-state index contributed by atoms with van der Waals surface area (Å²) < 4.78 is 5.40. The maximum absolute atomic E-state index is 11.9. The number of hydrogen-bond acceptors (Lipinski definition) is 3. The number of carbonyl (C=O) groups excluding carboxylic acids is 2. The van der Waals surface area contributed by atoms with Gasteiger partial charge in [-0.05, 0) is 25.2 Å². The lowest BCUT2D eigenvalue weighted by atomic mass is 10.1. The van der Waals surface area contributed by atoms with Crippen LogP contribution in [0, 0.1) is 0 Å². The van der Waals surface area contributed by atoms with Gasteiger partial charge in [0.2, 0.25) is 14.7 Å². The summed E-state index contributed by atoms with van der Waals surface area (Å²) >= 11 is 0. The monoisotopic (exact) mass is 265 g/mol. The molecule has 0 saturated heterocycles. The fraction of sp³-hybridized carbons (Fsp3) is 0.385. The Hall–Kier alpha value is -1.62. The van der Waals surface area contributed by atoms with Gasteiger partial charge in [-0.1, -0.05) is 30.3 Å². The number of benzene rings is 1. The van der Waals surface area contributed by atoms with Gasteiger partial charge < -0.3 is 9.74 Å². The summed E-state index contributed by atoms with van der Waals surface area (Å²) in [5.74, 6) is -0.356. The summed E-state index contributed by atoms with van der Waals surface area (Å²) in [6.07, 6.45) is 0.988. The van der Waals surface area contributed by atoms with Crippen LogP contribution in [0.2, 0.25) is 19.6 Å². The Morgan fingerprint density at radius 1 is 1.33 bits per heavy atom. The van der Waals surface area contributed by atoms with Gasteiger partial charge in [-0.2, -0.15) is 0 Å². The van der Waals surface area contributed by atoms with E-state index in [1.165, 1.54) is 0 Å². The molecule has 1 N–H and O–H groups in total. The molecule has 0 heterocycles. The van der Waals surface area contributed by atoms with Crippen molar-refractivity contribution in [2.75, 3.05) is 0 Å². The Morgan fingerprint density at radius 2 is 1.94 bits per heavy atom. The zero-order valence-electron chi connectivity index (χ0n) is 11.0. The second-order valence-corrected chi connectivity index (χ2v) is 9.49. The Morgan fingerprint density at radius 3 is 2.44 bits per heavy atom. The summed E-state index contributed by atoms with van der Waals surface area (Å²) in [4.78, 5) is 22.5. The first-order valence-electron chi connectivity index (χ1n) is 5.89. The van der Waals surface area contributed by atoms with Crippen LogP contribution in [0.5, 0.6) is 0 Å². The Bertz CT molecular complexity index is 400. The van der Waals surface area contributed by atoms with Gasteiger partial charge in [0.15, 0.2) is 0 Å². The minimum atomic E-state index is -1.93. The molecule has 0 aliphatic carbocycles. The van der Waals surface area contributed by atoms with Crippen LogP contribution in [-0.4, -0.2) is 26.7 Å². The number of nitrogens with one attached hydrogen (secondary N) is 1. The molecule has 0 bridgehead atoms. The molecule has 0 fully saturated rings. The third-order valence-electron chi connectivity index (χ3n) is 2.24. The third-order valence-corrected chi connectivity index (χ3v) is 3.06. The van der Waals surface area contributed by atoms with Gasteiger partial charge in [0.1, 0.15) is 6.04 Å². The lowest BCUT2D eigenvalue weighted by Gasteiger charge is -2.22. The van der Waals surface area contributed by atoms with Gasteiger partial charge in [-0.25, -0.2) is 0 Å². The van der Waals surface area contributed by atoms with E-state index in [4.69, 9.17) is 4.43 Å². The molecule has 5 heteroatoms. The quantitative estimate of drug-likeness (QED) is 0.629. The molecule has 0 aromatic heterocycles. The van der Waals surface area contributed by atoms with Crippen LogP contribution in [0.4, 0.5) is 0 Å². The minimum absolute atomic E-state index is 0.356. The van der Waals surface area contributed by atoms with Gasteiger partial charge in [0.25, 0.3) is 0 Å². The van der Waals surface area contributed by atoms with E-state index >= 15 is 0 Å². The van der Waals surface area contributed by atoms with Crippen molar-refractivity contribution in [1.29, 1.82) is 0 Å². The molecule has 0 spiro atoms. The van der Waals surface area contributed by atoms with Crippen LogP contribution in [0.3, 0.4) is 0 Å². The van der Waals surface area contributed by atoms with Gasteiger partial charge in [-0.15, -0.1) is 0 Å². The maximum atomic E-state index is 11.9. The van der Waals surface area contributed by atoms with Gasteiger partial charge >= 0.3 is 5.97 Å². The van der Waals surface area contributed by atoms with Crippen LogP contribution in [-0.2, 0) is 20.4 Å². The highest BCUT2D eigenvalue weighted by molar-refractivity contribution is 6.71. The van der Waals surface area contributed by atoms with E-state index in [2.05, 4.69) is 5.32 Å². The maximum Gasteiger partial charge on any atom is 0.315 e. The number of amides is 1. The number of rotatable bonds is 6. The van der Waals surface area contributed by atoms with Crippen molar-refractivity contribution in [3.63, 3.8) is 0 Å². The molecule has 98 valence electrons. The van der Waals surface area contributed by atoms with Gasteiger partial charge in [-0.3, -0.25) is 9.59 Å². The van der Waals surface area contributed by atoms with Crippen molar-refractivity contribution in [3.8, 4) is 0 Å². The summed E-state index contributed by atoms with van der Waals surface area (Å²) in [7, 11) is -1.93. The molecule has 1 rings (SSSR count). The SMILES string of the molecule is C[Si](C)(C)OC(=O)[C@H](Cc1ccccc1)NC=O. The Labute approximate surface area is 108 Å². The molecule has 1 atom stereocenters. The molecular weight excluding hydrogens is 246 g/mol. The first kappa shape index (κ1) is 14.4. The van der Waals surface area contributed by atoms with Crippen molar-refractivity contribution >= 4 is 20.7 Å². The number of hydrogen-bond donors (Lipinski definition) is 1. The fourth-order valence-electron chi connectivity index (χ4n) is 1.52. The van der Waals surface area contributed by atoms with Gasteiger partial charge in [0.05, 0.1) is 0 Å². The summed E-state index contributed by atoms with van der Waals surface area (Å²) in [6, 6.07) is 8.93. The first-order valence-corrected chi connectivity index (χ1v) is 9.29. The second-order valence-electron chi connectivity index (χ2n) is 5.06. The molecule has 1 aromatic carbocycles. The van der Waals surface area contributed by atoms with Crippen LogP contribution in [0.1, 0.15) is 5.56 Å². The summed E-state index contributed by atoms with van der Waals surface area (Å²) in [5.41, 5.74) is 0.990. The first-order chi connectivity index (χ1) is 8.42. The lowest BCUT2D eigenvalue weighted by Crippen LogP contribution is -2.43. The van der Waals surface area contributed by atoms with Crippen molar-refractivity contribution in [1.82, 2.24) is 5.32 Å². The van der Waals surface area contributed by atoms with E-state index in [1.54, 1.807) is 0 Å².